The fourth-order valence-corrected chi connectivity index (χ4v) is 3.86. The number of aromatic nitrogens is 3. The lowest BCUT2D eigenvalue weighted by Crippen LogP contribution is -2.27. The Hall–Kier alpha value is -3.28. The van der Waals surface area contributed by atoms with Crippen molar-refractivity contribution in [3.05, 3.63) is 65.3 Å². The highest BCUT2D eigenvalue weighted by Gasteiger charge is 2.19. The van der Waals surface area contributed by atoms with Crippen LogP contribution in [-0.2, 0) is 12.8 Å². The van der Waals surface area contributed by atoms with Gasteiger partial charge in [-0.05, 0) is 82.9 Å². The standard InChI is InChI=1S/C25H30N4O2/c1-16-23(17(2)31-28-16)19-13-14-29-22(15-19)26-21(24(29)27-25(3,4)5)12-9-18-7-10-20(30-6)11-8-18/h7-8,10-11,13-15,27H,9,12H2,1-6H3. The number of imidazole rings is 1. The summed E-state index contributed by atoms with van der Waals surface area (Å²) in [5, 5.41) is 7.75. The van der Waals surface area contributed by atoms with Gasteiger partial charge in [0.1, 0.15) is 23.0 Å². The molecule has 0 atom stereocenters. The van der Waals surface area contributed by atoms with Crippen molar-refractivity contribution in [1.82, 2.24) is 14.5 Å². The van der Waals surface area contributed by atoms with Gasteiger partial charge in [0.25, 0.3) is 0 Å². The predicted octanol–water partition coefficient (Wildman–Crippen LogP) is 5.61. The first-order chi connectivity index (χ1) is 14.7. The lowest BCUT2D eigenvalue weighted by molar-refractivity contribution is 0.393. The van der Waals surface area contributed by atoms with Crippen molar-refractivity contribution in [1.29, 1.82) is 0 Å². The summed E-state index contributed by atoms with van der Waals surface area (Å²) in [5.41, 5.74) is 6.15. The second-order valence-electron chi connectivity index (χ2n) is 8.97. The van der Waals surface area contributed by atoms with Crippen molar-refractivity contribution in [2.45, 2.75) is 53.0 Å². The number of pyridine rings is 1. The number of nitrogens with zero attached hydrogens (tertiary/aromatic N) is 3. The molecule has 0 saturated carbocycles. The van der Waals surface area contributed by atoms with Gasteiger partial charge in [0, 0.05) is 17.3 Å². The van der Waals surface area contributed by atoms with Crippen LogP contribution < -0.4 is 10.1 Å². The van der Waals surface area contributed by atoms with Gasteiger partial charge in [0.05, 0.1) is 18.5 Å². The Balaban J connectivity index is 1.70. The molecule has 3 aromatic heterocycles. The molecule has 0 saturated heterocycles. The average Bonchev–Trinajstić information content (AvgIpc) is 3.24. The average molecular weight is 419 g/mol. The molecule has 0 aliphatic heterocycles. The molecule has 0 spiro atoms. The summed E-state index contributed by atoms with van der Waals surface area (Å²) in [4.78, 5) is 5.00. The summed E-state index contributed by atoms with van der Waals surface area (Å²) in [5.74, 6) is 2.74. The third-order valence-corrected chi connectivity index (χ3v) is 5.32. The van der Waals surface area contributed by atoms with E-state index >= 15 is 0 Å². The lowest BCUT2D eigenvalue weighted by Gasteiger charge is -2.22. The number of benzene rings is 1. The maximum atomic E-state index is 5.36. The largest absolute Gasteiger partial charge is 0.497 e. The molecule has 3 heterocycles. The second-order valence-corrected chi connectivity index (χ2v) is 8.97. The minimum atomic E-state index is -0.0782. The Morgan fingerprint density at radius 2 is 1.81 bits per heavy atom. The van der Waals surface area contributed by atoms with Crippen LogP contribution in [0.5, 0.6) is 5.75 Å². The van der Waals surface area contributed by atoms with E-state index in [1.165, 1.54) is 5.56 Å². The van der Waals surface area contributed by atoms with Crippen molar-refractivity contribution < 1.29 is 9.26 Å². The number of nitrogens with one attached hydrogen (secondary N) is 1. The molecule has 0 radical (unpaired) electrons. The summed E-state index contributed by atoms with van der Waals surface area (Å²) in [6.45, 7) is 10.4. The maximum absolute atomic E-state index is 5.36. The van der Waals surface area contributed by atoms with Crippen molar-refractivity contribution in [2.24, 2.45) is 0 Å². The summed E-state index contributed by atoms with van der Waals surface area (Å²) < 4.78 is 12.8. The molecule has 6 nitrogen and oxygen atoms in total. The van der Waals surface area contributed by atoms with Gasteiger partial charge in [0.2, 0.25) is 0 Å². The Bertz CT molecular complexity index is 1180. The highest BCUT2D eigenvalue weighted by Crippen LogP contribution is 2.30. The maximum Gasteiger partial charge on any atom is 0.141 e. The van der Waals surface area contributed by atoms with E-state index in [2.05, 4.69) is 66.1 Å². The van der Waals surface area contributed by atoms with Gasteiger partial charge in [0.15, 0.2) is 0 Å². The number of rotatable bonds is 6. The van der Waals surface area contributed by atoms with Gasteiger partial charge in [-0.25, -0.2) is 4.98 Å². The van der Waals surface area contributed by atoms with E-state index in [0.717, 1.165) is 58.3 Å². The molecule has 0 fully saturated rings. The zero-order valence-corrected chi connectivity index (χ0v) is 19.1. The van der Waals surface area contributed by atoms with E-state index in [1.807, 2.05) is 26.0 Å². The Labute approximate surface area is 183 Å². The molecule has 0 aliphatic carbocycles. The van der Waals surface area contributed by atoms with Crippen LogP contribution in [0.4, 0.5) is 5.82 Å². The van der Waals surface area contributed by atoms with Crippen LogP contribution in [0.25, 0.3) is 16.8 Å². The van der Waals surface area contributed by atoms with Gasteiger partial charge >= 0.3 is 0 Å². The second kappa shape index (κ2) is 8.10. The normalized spacial score (nSPS) is 11.8. The number of fused-ring (bicyclic) bond motifs is 1. The van der Waals surface area contributed by atoms with Crippen molar-refractivity contribution in [2.75, 3.05) is 12.4 Å². The third-order valence-electron chi connectivity index (χ3n) is 5.32. The number of ether oxygens (including phenoxy) is 1. The molecule has 4 rings (SSSR count). The quantitative estimate of drug-likeness (QED) is 0.441. The van der Waals surface area contributed by atoms with E-state index in [0.29, 0.717) is 0 Å². The van der Waals surface area contributed by atoms with Crippen LogP contribution in [0, 0.1) is 13.8 Å². The molecule has 1 aromatic carbocycles. The Morgan fingerprint density at radius 3 is 2.42 bits per heavy atom. The van der Waals surface area contributed by atoms with Gasteiger partial charge in [-0.15, -0.1) is 0 Å². The van der Waals surface area contributed by atoms with Crippen LogP contribution in [0.3, 0.4) is 0 Å². The molecule has 0 bridgehead atoms. The van der Waals surface area contributed by atoms with E-state index in [4.69, 9.17) is 14.2 Å². The first kappa shape index (κ1) is 21.0. The molecule has 0 aliphatic rings. The SMILES string of the molecule is COc1ccc(CCc2nc3cc(-c4c(C)noc4C)ccn3c2NC(C)(C)C)cc1. The fourth-order valence-electron chi connectivity index (χ4n) is 3.86. The van der Waals surface area contributed by atoms with Gasteiger partial charge in [-0.2, -0.15) is 0 Å². The monoisotopic (exact) mass is 418 g/mol. The number of methoxy groups -OCH3 is 1. The van der Waals surface area contributed by atoms with Crippen molar-refractivity contribution in [3.63, 3.8) is 0 Å². The Morgan fingerprint density at radius 1 is 1.06 bits per heavy atom. The molecule has 0 unspecified atom stereocenters. The minimum absolute atomic E-state index is 0.0782. The molecule has 1 N–H and O–H groups in total. The molecular weight excluding hydrogens is 388 g/mol. The predicted molar refractivity (Wildman–Crippen MR) is 124 cm³/mol. The van der Waals surface area contributed by atoms with E-state index in [1.54, 1.807) is 7.11 Å². The summed E-state index contributed by atoms with van der Waals surface area (Å²) in [6.07, 6.45) is 3.82. The summed E-state index contributed by atoms with van der Waals surface area (Å²) in [6, 6.07) is 12.4. The molecule has 0 amide bonds. The van der Waals surface area contributed by atoms with E-state index in [9.17, 15) is 0 Å². The minimum Gasteiger partial charge on any atom is -0.497 e. The van der Waals surface area contributed by atoms with Crippen LogP contribution in [0.15, 0.2) is 47.1 Å². The van der Waals surface area contributed by atoms with Gasteiger partial charge < -0.3 is 14.6 Å². The topological polar surface area (TPSA) is 64.6 Å². The zero-order valence-electron chi connectivity index (χ0n) is 19.1. The first-order valence-corrected chi connectivity index (χ1v) is 10.6. The lowest BCUT2D eigenvalue weighted by atomic mass is 10.1. The van der Waals surface area contributed by atoms with Crippen LogP contribution in [-0.4, -0.2) is 27.2 Å². The van der Waals surface area contributed by atoms with Crippen molar-refractivity contribution >= 4 is 11.5 Å². The number of hydrogen-bond acceptors (Lipinski definition) is 5. The zero-order chi connectivity index (χ0) is 22.2. The fraction of sp³-hybridized carbons (Fsp3) is 0.360. The first-order valence-electron chi connectivity index (χ1n) is 10.6. The molecule has 162 valence electrons. The van der Waals surface area contributed by atoms with Crippen LogP contribution in [0.1, 0.15) is 43.5 Å². The van der Waals surface area contributed by atoms with Crippen LogP contribution >= 0.6 is 0 Å². The molecule has 31 heavy (non-hydrogen) atoms. The highest BCUT2D eigenvalue weighted by atomic mass is 16.5. The third kappa shape index (κ3) is 4.43. The van der Waals surface area contributed by atoms with Gasteiger partial charge in [-0.3, -0.25) is 4.40 Å². The van der Waals surface area contributed by atoms with Crippen LogP contribution in [0.2, 0.25) is 0 Å². The molecule has 4 aromatic rings. The highest BCUT2D eigenvalue weighted by molar-refractivity contribution is 5.72. The number of aryl methyl sites for hydroxylation is 4. The molecule has 6 heteroatoms. The van der Waals surface area contributed by atoms with E-state index in [-0.39, 0.29) is 5.54 Å². The summed E-state index contributed by atoms with van der Waals surface area (Å²) in [7, 11) is 1.69. The van der Waals surface area contributed by atoms with Crippen molar-refractivity contribution in [3.8, 4) is 16.9 Å². The Kier molecular flexibility index (Phi) is 5.48. The van der Waals surface area contributed by atoms with E-state index < -0.39 is 0 Å². The number of anilines is 1. The number of hydrogen-bond donors (Lipinski definition) is 1. The summed E-state index contributed by atoms with van der Waals surface area (Å²) >= 11 is 0. The van der Waals surface area contributed by atoms with Gasteiger partial charge in [-0.1, -0.05) is 17.3 Å². The molecular formula is C25H30N4O2. The smallest absolute Gasteiger partial charge is 0.141 e.